The summed E-state index contributed by atoms with van der Waals surface area (Å²) in [5.74, 6) is 1.50. The van der Waals surface area contributed by atoms with E-state index in [1.165, 1.54) is 44.5 Å². The van der Waals surface area contributed by atoms with Crippen LogP contribution < -0.4 is 20.4 Å². The molecule has 2 aliphatic heterocycles. The van der Waals surface area contributed by atoms with Gasteiger partial charge in [-0.2, -0.15) is 0 Å². The number of hydrogen-bond acceptors (Lipinski definition) is 6. The molecule has 0 bridgehead atoms. The zero-order valence-corrected chi connectivity index (χ0v) is 35.5. The molecule has 0 amide bonds. The molecule has 0 atom stereocenters. The molecule has 5 aromatic rings. The number of ether oxygens (including phenoxy) is 2. The van der Waals surface area contributed by atoms with Crippen LogP contribution in [0.4, 0.5) is 0 Å². The summed E-state index contributed by atoms with van der Waals surface area (Å²) in [5, 5.41) is 0. The monoisotopic (exact) mass is 760 g/mol. The molecule has 2 saturated heterocycles. The van der Waals surface area contributed by atoms with Crippen LogP contribution in [-0.4, -0.2) is 36.6 Å². The Hall–Kier alpha value is -4.33. The topological polar surface area (TPSA) is 55.4 Å². The highest BCUT2D eigenvalue weighted by Gasteiger charge is 2.53. The Morgan fingerprint density at radius 1 is 0.404 bits per heavy atom. The van der Waals surface area contributed by atoms with Crippen LogP contribution in [0.15, 0.2) is 103 Å². The second-order valence-corrected chi connectivity index (χ2v) is 19.4. The van der Waals surface area contributed by atoms with Gasteiger partial charge in [0.25, 0.3) is 6.29 Å². The minimum absolute atomic E-state index is 0.268. The third kappa shape index (κ3) is 6.01. The van der Waals surface area contributed by atoms with Crippen LogP contribution in [0.3, 0.4) is 0 Å². The summed E-state index contributed by atoms with van der Waals surface area (Å²) in [7, 11) is -0.833. The molecule has 9 rings (SSSR count). The summed E-state index contributed by atoms with van der Waals surface area (Å²) >= 11 is 0. The molecule has 0 aromatic heterocycles. The van der Waals surface area contributed by atoms with Gasteiger partial charge < -0.3 is 28.1 Å². The van der Waals surface area contributed by atoms with E-state index in [4.69, 9.17) is 28.1 Å². The van der Waals surface area contributed by atoms with Gasteiger partial charge in [0.05, 0.1) is 22.4 Å². The van der Waals surface area contributed by atoms with Crippen LogP contribution in [0, 0.1) is 0 Å². The molecule has 57 heavy (non-hydrogen) atoms. The van der Waals surface area contributed by atoms with Gasteiger partial charge in [0, 0.05) is 16.4 Å². The van der Waals surface area contributed by atoms with Crippen molar-refractivity contribution in [3.8, 4) is 33.8 Å². The maximum Gasteiger partial charge on any atom is 0.494 e. The highest BCUT2D eigenvalue weighted by Crippen LogP contribution is 2.52. The summed E-state index contributed by atoms with van der Waals surface area (Å²) in [6.45, 7) is 25.9. The van der Waals surface area contributed by atoms with Gasteiger partial charge >= 0.3 is 14.2 Å². The van der Waals surface area contributed by atoms with Crippen molar-refractivity contribution in [2.45, 2.75) is 123 Å². The quantitative estimate of drug-likeness (QED) is 0.122. The Balaban J connectivity index is 0.988. The van der Waals surface area contributed by atoms with Gasteiger partial charge in [-0.05, 0) is 135 Å². The molecule has 2 heterocycles. The molecule has 2 fully saturated rings. The molecule has 292 valence electrons. The van der Waals surface area contributed by atoms with Gasteiger partial charge in [-0.25, -0.2) is 0 Å². The van der Waals surface area contributed by atoms with Crippen molar-refractivity contribution in [3.63, 3.8) is 0 Å². The molecule has 8 heteroatoms. The first-order valence-electron chi connectivity index (χ1n) is 20.4. The number of hydrogen-bond donors (Lipinski definition) is 0. The van der Waals surface area contributed by atoms with Crippen molar-refractivity contribution in [2.75, 3.05) is 0 Å². The van der Waals surface area contributed by atoms with Crippen molar-refractivity contribution >= 4 is 25.2 Å². The predicted octanol–water partition coefficient (Wildman–Crippen LogP) is 10.1. The Morgan fingerprint density at radius 3 is 1.11 bits per heavy atom. The molecule has 6 nitrogen and oxygen atoms in total. The van der Waals surface area contributed by atoms with Crippen LogP contribution in [0.25, 0.3) is 22.3 Å². The lowest BCUT2D eigenvalue weighted by Crippen LogP contribution is -2.41. The maximum absolute atomic E-state index is 6.82. The molecule has 5 aromatic carbocycles. The van der Waals surface area contributed by atoms with E-state index in [9.17, 15) is 0 Å². The highest BCUT2D eigenvalue weighted by atomic mass is 16.7. The van der Waals surface area contributed by atoms with E-state index in [1.807, 2.05) is 18.2 Å². The molecule has 0 saturated carbocycles. The maximum atomic E-state index is 6.82. The lowest BCUT2D eigenvalue weighted by Gasteiger charge is -2.32. The van der Waals surface area contributed by atoms with Gasteiger partial charge in [0.2, 0.25) is 0 Å². The second kappa shape index (κ2) is 12.6. The van der Waals surface area contributed by atoms with E-state index in [-0.39, 0.29) is 10.8 Å². The zero-order chi connectivity index (χ0) is 40.5. The Morgan fingerprint density at radius 2 is 0.737 bits per heavy atom. The lowest BCUT2D eigenvalue weighted by atomic mass is 9.74. The average Bonchev–Trinajstić information content (AvgIpc) is 3.71. The number of fused-ring (bicyclic) bond motifs is 6. The van der Waals surface area contributed by atoms with E-state index in [2.05, 4.69) is 168 Å². The van der Waals surface area contributed by atoms with Crippen molar-refractivity contribution < 1.29 is 28.1 Å². The van der Waals surface area contributed by atoms with E-state index < -0.39 is 42.9 Å². The third-order valence-electron chi connectivity index (χ3n) is 14.0. The zero-order valence-electron chi connectivity index (χ0n) is 35.5. The fourth-order valence-corrected chi connectivity index (χ4v) is 8.88. The standard InChI is InChI=1S/C49H54B2O6/c1-44(2)39-26-31(50-54-46(5,6)47(7,8)55-50)18-22-35(39)37-24-20-33(28-41(37)44)52-43(30-16-14-13-15-17-30)53-34-21-25-38-36-23-19-32(27-40(36)45(3,4)42(38)29-34)51-56-48(9,10)49(11,12)57-51/h13-29,43H,1-12H3. The van der Waals surface area contributed by atoms with Crippen LogP contribution >= 0.6 is 0 Å². The number of benzene rings is 5. The Labute approximate surface area is 339 Å². The minimum atomic E-state index is -0.675. The predicted molar refractivity (Wildman–Crippen MR) is 230 cm³/mol. The first-order chi connectivity index (χ1) is 26.7. The van der Waals surface area contributed by atoms with Gasteiger partial charge in [-0.15, -0.1) is 0 Å². The van der Waals surface area contributed by atoms with Crippen LogP contribution in [0.5, 0.6) is 11.5 Å². The van der Waals surface area contributed by atoms with Crippen molar-refractivity contribution in [1.82, 2.24) is 0 Å². The number of rotatable bonds is 7. The highest BCUT2D eigenvalue weighted by molar-refractivity contribution is 6.62. The summed E-state index contributed by atoms with van der Waals surface area (Å²) in [6, 6.07) is 36.3. The fraction of sp³-hybridized carbons (Fsp3) is 0.388. The first-order valence-corrected chi connectivity index (χ1v) is 20.4. The largest absolute Gasteiger partial charge is 0.494 e. The van der Waals surface area contributed by atoms with E-state index >= 15 is 0 Å². The summed E-state index contributed by atoms with van der Waals surface area (Å²) in [5.41, 5.74) is 10.7. The normalized spacial score (nSPS) is 20.9. The summed E-state index contributed by atoms with van der Waals surface area (Å²) in [6.07, 6.45) is -0.675. The Kier molecular flexibility index (Phi) is 8.43. The molecule has 0 spiro atoms. The lowest BCUT2D eigenvalue weighted by molar-refractivity contribution is 0.00366. The molecule has 4 aliphatic rings. The third-order valence-corrected chi connectivity index (χ3v) is 14.0. The molecular formula is C49H54B2O6. The minimum Gasteiger partial charge on any atom is -0.451 e. The van der Waals surface area contributed by atoms with Crippen LogP contribution in [0.1, 0.15) is 117 Å². The van der Waals surface area contributed by atoms with E-state index in [0.717, 1.165) is 28.0 Å². The van der Waals surface area contributed by atoms with Crippen molar-refractivity contribution in [1.29, 1.82) is 0 Å². The SMILES string of the molecule is CC1(C)c2cc(OC(Oc3ccc4c(c3)C(C)(C)c3cc(B5OC(C)(C)C(C)(C)O5)ccc3-4)c3ccccc3)ccc2-c2ccc(B3OC(C)(C)C(C)(C)O3)cc21. The average molecular weight is 761 g/mol. The van der Waals surface area contributed by atoms with Gasteiger partial charge in [-0.3, -0.25) is 0 Å². The van der Waals surface area contributed by atoms with Crippen LogP contribution in [0.2, 0.25) is 0 Å². The summed E-state index contributed by atoms with van der Waals surface area (Å²) in [4.78, 5) is 0. The molecule has 2 aliphatic carbocycles. The first kappa shape index (κ1) is 38.2. The fourth-order valence-electron chi connectivity index (χ4n) is 8.88. The van der Waals surface area contributed by atoms with Crippen molar-refractivity contribution in [2.24, 2.45) is 0 Å². The van der Waals surface area contributed by atoms with Gasteiger partial charge in [0.15, 0.2) is 0 Å². The summed E-state index contributed by atoms with van der Waals surface area (Å²) < 4.78 is 39.4. The molecule has 0 radical (unpaired) electrons. The van der Waals surface area contributed by atoms with Crippen LogP contribution in [-0.2, 0) is 29.4 Å². The smallest absolute Gasteiger partial charge is 0.451 e. The Bertz CT molecular complexity index is 2230. The van der Waals surface area contributed by atoms with Gasteiger partial charge in [-0.1, -0.05) is 107 Å². The van der Waals surface area contributed by atoms with Crippen molar-refractivity contribution in [3.05, 3.63) is 131 Å². The second-order valence-electron chi connectivity index (χ2n) is 19.4. The molecule has 0 N–H and O–H groups in total. The van der Waals surface area contributed by atoms with Gasteiger partial charge in [0.1, 0.15) is 11.5 Å². The van der Waals surface area contributed by atoms with E-state index in [0.29, 0.717) is 0 Å². The van der Waals surface area contributed by atoms with E-state index in [1.54, 1.807) is 0 Å². The molecular weight excluding hydrogens is 706 g/mol. The molecule has 0 unspecified atom stereocenters.